The van der Waals surface area contributed by atoms with Crippen molar-refractivity contribution in [1.29, 1.82) is 0 Å². The number of benzene rings is 1. The number of hydrogen-bond acceptors (Lipinski definition) is 3. The molecule has 1 saturated heterocycles. The Morgan fingerprint density at radius 2 is 1.79 bits per heavy atom. The number of carbonyl (C=O) groups is 2. The largest absolute Gasteiger partial charge is 0.318 e. The lowest BCUT2D eigenvalue weighted by molar-refractivity contribution is -0.130. The van der Waals surface area contributed by atoms with Crippen molar-refractivity contribution in [2.45, 2.75) is 47.1 Å². The summed E-state index contributed by atoms with van der Waals surface area (Å²) in [7, 11) is 0. The Bertz CT molecular complexity index is 986. The summed E-state index contributed by atoms with van der Waals surface area (Å²) in [6.45, 7) is 9.95. The van der Waals surface area contributed by atoms with Crippen LogP contribution >= 0.6 is 12.2 Å². The summed E-state index contributed by atoms with van der Waals surface area (Å²) in [6.07, 6.45) is 2.42. The Kier molecular flexibility index (Phi) is 5.52. The lowest BCUT2D eigenvalue weighted by atomic mass is 10.1. The third-order valence-electron chi connectivity index (χ3n) is 5.23. The van der Waals surface area contributed by atoms with Gasteiger partial charge in [0.1, 0.15) is 5.57 Å². The molecular weight excluding hydrogens is 370 g/mol. The lowest BCUT2D eigenvalue weighted by Crippen LogP contribution is -2.56. The summed E-state index contributed by atoms with van der Waals surface area (Å²) in [5.41, 5.74) is 5.20. The van der Waals surface area contributed by atoms with Crippen LogP contribution in [0.4, 0.5) is 0 Å². The molecule has 1 aliphatic rings. The summed E-state index contributed by atoms with van der Waals surface area (Å²) >= 11 is 5.21. The molecule has 0 spiro atoms. The highest BCUT2D eigenvalue weighted by atomic mass is 32.1. The molecule has 2 aromatic rings. The van der Waals surface area contributed by atoms with Crippen molar-refractivity contribution >= 4 is 35.2 Å². The number of rotatable bonds is 4. The number of nitrogens with zero attached hydrogens (tertiary/aromatic N) is 2. The van der Waals surface area contributed by atoms with Gasteiger partial charge >= 0.3 is 0 Å². The van der Waals surface area contributed by atoms with Crippen molar-refractivity contribution in [2.75, 3.05) is 0 Å². The number of carbonyl (C=O) groups excluding carboxylic acids is 2. The topological polar surface area (TPSA) is 54.3 Å². The fraction of sp³-hybridized carbons (Fsp3) is 0.318. The van der Waals surface area contributed by atoms with Crippen LogP contribution in [0.3, 0.4) is 0 Å². The Morgan fingerprint density at radius 1 is 1.14 bits per heavy atom. The molecule has 1 N–H and O–H groups in total. The number of amides is 2. The van der Waals surface area contributed by atoms with Gasteiger partial charge in [0.2, 0.25) is 0 Å². The molecule has 1 aromatic carbocycles. The van der Waals surface area contributed by atoms with Crippen LogP contribution in [-0.2, 0) is 9.59 Å². The van der Waals surface area contributed by atoms with E-state index in [-0.39, 0.29) is 22.6 Å². The van der Waals surface area contributed by atoms with Gasteiger partial charge in [0.15, 0.2) is 5.11 Å². The second-order valence-electron chi connectivity index (χ2n) is 7.25. The molecule has 2 heterocycles. The van der Waals surface area contributed by atoms with Crippen LogP contribution in [0.2, 0.25) is 0 Å². The van der Waals surface area contributed by atoms with Crippen molar-refractivity contribution in [3.05, 3.63) is 58.4 Å². The quantitative estimate of drug-likeness (QED) is 0.486. The van der Waals surface area contributed by atoms with E-state index in [0.717, 1.165) is 29.1 Å². The maximum Gasteiger partial charge on any atom is 0.265 e. The molecule has 1 aromatic heterocycles. The monoisotopic (exact) mass is 395 g/mol. The summed E-state index contributed by atoms with van der Waals surface area (Å²) in [6, 6.07) is 10.2. The third kappa shape index (κ3) is 3.52. The van der Waals surface area contributed by atoms with Crippen LogP contribution in [-0.4, -0.2) is 32.4 Å². The molecule has 5 nitrogen and oxygen atoms in total. The van der Waals surface area contributed by atoms with Crippen molar-refractivity contribution in [2.24, 2.45) is 0 Å². The molecule has 0 aliphatic carbocycles. The number of aryl methyl sites for hydroxylation is 2. The Balaban J connectivity index is 2.04. The molecule has 0 saturated carbocycles. The SMILES string of the molecule is CCC(C)N1C(=O)/C(=C\c2cc(C)n(-c3ccc(C)cc3)c2C)C(=O)NC1=S. The minimum atomic E-state index is -0.449. The molecule has 2 amide bonds. The molecule has 0 bridgehead atoms. The predicted octanol–water partition coefficient (Wildman–Crippen LogP) is 3.83. The molecule has 1 aliphatic heterocycles. The minimum Gasteiger partial charge on any atom is -0.318 e. The van der Waals surface area contributed by atoms with Crippen LogP contribution < -0.4 is 5.32 Å². The number of aromatic nitrogens is 1. The first kappa shape index (κ1) is 20.0. The molecule has 1 atom stereocenters. The number of nitrogens with one attached hydrogen (secondary N) is 1. The van der Waals surface area contributed by atoms with Gasteiger partial charge in [-0.2, -0.15) is 0 Å². The van der Waals surface area contributed by atoms with E-state index < -0.39 is 5.91 Å². The second-order valence-corrected chi connectivity index (χ2v) is 7.63. The third-order valence-corrected chi connectivity index (χ3v) is 5.53. The van der Waals surface area contributed by atoms with Gasteiger partial charge in [-0.05, 0) is 76.2 Å². The average Bonchev–Trinajstić information content (AvgIpc) is 2.92. The summed E-state index contributed by atoms with van der Waals surface area (Å²) in [5, 5.41) is 2.82. The maximum absolute atomic E-state index is 13.0. The van der Waals surface area contributed by atoms with E-state index in [1.54, 1.807) is 6.08 Å². The van der Waals surface area contributed by atoms with E-state index in [2.05, 4.69) is 41.1 Å². The predicted molar refractivity (Wildman–Crippen MR) is 115 cm³/mol. The van der Waals surface area contributed by atoms with Gasteiger partial charge in [-0.25, -0.2) is 0 Å². The van der Waals surface area contributed by atoms with E-state index in [1.807, 2.05) is 33.8 Å². The first-order chi connectivity index (χ1) is 13.2. The summed E-state index contributed by atoms with van der Waals surface area (Å²) < 4.78 is 2.12. The van der Waals surface area contributed by atoms with Crippen LogP contribution in [0.1, 0.15) is 42.8 Å². The molecule has 1 unspecified atom stereocenters. The normalized spacial score (nSPS) is 17.2. The van der Waals surface area contributed by atoms with E-state index in [4.69, 9.17) is 12.2 Å². The zero-order valence-electron chi connectivity index (χ0n) is 16.9. The van der Waals surface area contributed by atoms with Gasteiger partial charge in [-0.1, -0.05) is 24.6 Å². The van der Waals surface area contributed by atoms with Crippen molar-refractivity contribution in [3.63, 3.8) is 0 Å². The molecule has 3 rings (SSSR count). The standard InChI is InChI=1S/C22H25N3O2S/c1-6-14(3)25-21(27)19(20(26)23-22(25)28)12-17-11-15(4)24(16(17)5)18-9-7-13(2)8-10-18/h7-12,14H,6H2,1-5H3,(H,23,26,28)/b19-12-. The van der Waals surface area contributed by atoms with Crippen LogP contribution in [0, 0.1) is 20.8 Å². The first-order valence-electron chi connectivity index (χ1n) is 9.41. The van der Waals surface area contributed by atoms with Gasteiger partial charge in [0.25, 0.3) is 11.8 Å². The van der Waals surface area contributed by atoms with E-state index >= 15 is 0 Å². The first-order valence-corrected chi connectivity index (χ1v) is 9.82. The van der Waals surface area contributed by atoms with Crippen LogP contribution in [0.25, 0.3) is 11.8 Å². The van der Waals surface area contributed by atoms with Gasteiger partial charge in [-0.3, -0.25) is 19.8 Å². The smallest absolute Gasteiger partial charge is 0.265 e. The average molecular weight is 396 g/mol. The Hall–Kier alpha value is -2.73. The Labute approximate surface area is 171 Å². The van der Waals surface area contributed by atoms with Crippen LogP contribution in [0.15, 0.2) is 35.9 Å². The summed E-state index contributed by atoms with van der Waals surface area (Å²) in [5.74, 6) is -0.794. The second kappa shape index (κ2) is 7.72. The van der Waals surface area contributed by atoms with Gasteiger partial charge in [0.05, 0.1) is 0 Å². The zero-order valence-corrected chi connectivity index (χ0v) is 17.7. The number of hydrogen-bond donors (Lipinski definition) is 1. The molecule has 1 fully saturated rings. The molecule has 6 heteroatoms. The van der Waals surface area contributed by atoms with Crippen molar-refractivity contribution in [1.82, 2.24) is 14.8 Å². The minimum absolute atomic E-state index is 0.0796. The highest BCUT2D eigenvalue weighted by molar-refractivity contribution is 7.80. The summed E-state index contributed by atoms with van der Waals surface area (Å²) in [4.78, 5) is 26.9. The molecule has 146 valence electrons. The van der Waals surface area contributed by atoms with E-state index in [1.165, 1.54) is 10.5 Å². The van der Waals surface area contributed by atoms with E-state index in [0.29, 0.717) is 0 Å². The highest BCUT2D eigenvalue weighted by Crippen LogP contribution is 2.25. The van der Waals surface area contributed by atoms with E-state index in [9.17, 15) is 9.59 Å². The van der Waals surface area contributed by atoms with Crippen LogP contribution in [0.5, 0.6) is 0 Å². The fourth-order valence-electron chi connectivity index (χ4n) is 3.43. The zero-order chi connectivity index (χ0) is 20.6. The lowest BCUT2D eigenvalue weighted by Gasteiger charge is -2.33. The molecule has 28 heavy (non-hydrogen) atoms. The van der Waals surface area contributed by atoms with Crippen molar-refractivity contribution < 1.29 is 9.59 Å². The highest BCUT2D eigenvalue weighted by Gasteiger charge is 2.35. The van der Waals surface area contributed by atoms with Gasteiger partial charge < -0.3 is 4.57 Å². The van der Waals surface area contributed by atoms with Crippen molar-refractivity contribution in [3.8, 4) is 5.69 Å². The molecule has 0 radical (unpaired) electrons. The molecular formula is C22H25N3O2S. The maximum atomic E-state index is 13.0. The van der Waals surface area contributed by atoms with Gasteiger partial charge in [-0.15, -0.1) is 0 Å². The van der Waals surface area contributed by atoms with Gasteiger partial charge in [0, 0.05) is 23.1 Å². The number of thiocarbonyl (C=S) groups is 1. The Morgan fingerprint density at radius 3 is 2.39 bits per heavy atom. The fourth-order valence-corrected chi connectivity index (χ4v) is 3.79.